The van der Waals surface area contributed by atoms with Crippen molar-refractivity contribution < 1.29 is 70.2 Å². The Bertz CT molecular complexity index is 5310. The molecule has 1 fully saturated rings. The van der Waals surface area contributed by atoms with Crippen LogP contribution in [0.1, 0.15) is 62.0 Å². The monoisotopic (exact) mass is 1330 g/mol. The van der Waals surface area contributed by atoms with Gasteiger partial charge in [-0.15, -0.1) is 0 Å². The van der Waals surface area contributed by atoms with Gasteiger partial charge in [-0.25, -0.2) is 110 Å². The van der Waals surface area contributed by atoms with Gasteiger partial charge >= 0.3 is 0 Å². The Morgan fingerprint density at radius 2 is 0.510 bits per heavy atom. The molecule has 462 valence electrons. The summed E-state index contributed by atoms with van der Waals surface area (Å²) in [5, 5.41) is 124. The number of allylic oxidation sites excluding steroid dienone is 5. The van der Waals surface area contributed by atoms with E-state index in [4.69, 9.17) is 44.7 Å². The summed E-state index contributed by atoms with van der Waals surface area (Å²) in [6.45, 7) is 14.1. The summed E-state index contributed by atoms with van der Waals surface area (Å²) in [7, 11) is 0. The second kappa shape index (κ2) is 27.1. The first-order valence-electron chi connectivity index (χ1n) is 24.2. The molecule has 1 saturated carbocycles. The molecule has 1 aliphatic carbocycles. The van der Waals surface area contributed by atoms with Crippen LogP contribution in [-0.2, 0) is 0 Å². The topological polar surface area (TPSA) is 419 Å². The van der Waals surface area contributed by atoms with Crippen LogP contribution < -0.4 is 10.4 Å². The van der Waals surface area contributed by atoms with Gasteiger partial charge in [-0.2, -0.15) is 73.7 Å². The van der Waals surface area contributed by atoms with Gasteiger partial charge in [0.05, 0.1) is 51.4 Å². The Kier molecular flexibility index (Phi) is 19.2. The number of halogens is 16. The first-order valence-corrected chi connectivity index (χ1v) is 24.2. The van der Waals surface area contributed by atoms with Crippen molar-refractivity contribution in [1.29, 1.82) is 73.7 Å². The third-order valence-corrected chi connectivity index (χ3v) is 12.8. The van der Waals surface area contributed by atoms with E-state index < -0.39 is 182 Å². The van der Waals surface area contributed by atoms with E-state index in [2.05, 4.69) is 39.6 Å². The fourth-order valence-electron chi connectivity index (χ4n) is 8.57. The molecule has 3 heterocycles. The molecule has 0 radical (unpaired) electrons. The molecule has 0 bridgehead atoms. The van der Waals surface area contributed by atoms with Crippen molar-refractivity contribution in [2.45, 2.75) is 0 Å². The smallest absolute Gasteiger partial charge is 0.237 e. The lowest BCUT2D eigenvalue weighted by Gasteiger charge is -2.09. The Morgan fingerprint density at radius 3 is 0.704 bits per heavy atom. The summed E-state index contributed by atoms with van der Waals surface area (Å²) in [5.41, 5.74) is -25.6. The summed E-state index contributed by atoms with van der Waals surface area (Å²) in [6.07, 6.45) is 0. The minimum absolute atomic E-state index is 0.0237. The highest BCUT2D eigenvalue weighted by Crippen LogP contribution is 2.58. The Hall–Kier alpha value is -16.2. The first kappa shape index (κ1) is 69.3. The Morgan fingerprint density at radius 1 is 0.276 bits per heavy atom. The van der Waals surface area contributed by atoms with Gasteiger partial charge in [0.1, 0.15) is 140 Å². The molecule has 22 nitrogen and oxygen atoms in total. The maximum absolute atomic E-state index is 15.0. The van der Waals surface area contributed by atoms with Crippen LogP contribution in [0.25, 0.3) is 70.8 Å². The molecule has 9 rings (SSSR count). The lowest BCUT2D eigenvalue weighted by atomic mass is 9.99. The number of hydrogen-bond acceptors (Lipinski definition) is 20. The van der Waals surface area contributed by atoms with E-state index in [1.807, 2.05) is 0 Å². The van der Waals surface area contributed by atoms with Gasteiger partial charge in [0.25, 0.3) is 5.69 Å². The fourth-order valence-corrected chi connectivity index (χ4v) is 8.57. The van der Waals surface area contributed by atoms with Gasteiger partial charge in [0.2, 0.25) is 5.70 Å². The predicted octanol–water partition coefficient (Wildman–Crippen LogP) is 9.63. The van der Waals surface area contributed by atoms with Crippen molar-refractivity contribution in [3.63, 3.8) is 0 Å². The predicted molar refractivity (Wildman–Crippen MR) is 282 cm³/mol. The van der Waals surface area contributed by atoms with Crippen LogP contribution in [0, 0.1) is 265 Å². The van der Waals surface area contributed by atoms with Gasteiger partial charge in [0, 0.05) is 0 Å². The van der Waals surface area contributed by atoms with Crippen molar-refractivity contribution >= 4 is 66.8 Å². The molecule has 0 amide bonds. The maximum Gasteiger partial charge on any atom is 0.262 e. The molecular weight excluding hydrogens is 1330 g/mol. The van der Waals surface area contributed by atoms with E-state index in [-0.39, 0.29) is 67.3 Å². The highest BCUT2D eigenvalue weighted by Gasteiger charge is 2.46. The van der Waals surface area contributed by atoms with Gasteiger partial charge in [-0.1, -0.05) is 0 Å². The van der Waals surface area contributed by atoms with Crippen LogP contribution in [0.3, 0.4) is 0 Å². The quantitative estimate of drug-likeness (QED) is 0.0522. The number of aromatic nitrogens is 6. The molecule has 0 atom stereocenters. The lowest BCUT2D eigenvalue weighted by molar-refractivity contribution is 0.434. The van der Waals surface area contributed by atoms with E-state index in [1.165, 1.54) is 0 Å². The van der Waals surface area contributed by atoms with Crippen LogP contribution in [-0.4, -0.2) is 29.9 Å². The second-order valence-corrected chi connectivity index (χ2v) is 17.6. The lowest BCUT2D eigenvalue weighted by Crippen LogP contribution is -2.31. The number of rotatable bonds is 3. The van der Waals surface area contributed by atoms with Crippen LogP contribution in [0.15, 0.2) is 16.7 Å². The third-order valence-electron chi connectivity index (χ3n) is 12.8. The van der Waals surface area contributed by atoms with Crippen LogP contribution in [0.5, 0.6) is 0 Å². The SMILES string of the molecule is N#CC(C#N)=c1c(F)c(F)c(=C(C#N)C#N)c(F)c1F.N#Cc1nc2c3nc(C#N)c(C#N)nc3c3nc(C#N)c(C#N)nc3c2nc1C#N.[C-]#[N+]C(=C1C(=C(C#N)c2c(F)c(F)c(C#N)c(F)c2F)C1=C(C#N)c1c(F)c(F)c([N+]#[C-])c(F)c1F)c1c(F)c(F)c(C#N)c(F)c1F. The van der Waals surface area contributed by atoms with E-state index in [9.17, 15) is 86.0 Å². The summed E-state index contributed by atoms with van der Waals surface area (Å²) in [4.78, 5) is 29.5. The zero-order valence-electron chi connectivity index (χ0n) is 45.9. The number of fused-ring (bicyclic) bond motifs is 6. The summed E-state index contributed by atoms with van der Waals surface area (Å²) in [6, 6.07) is 18.3. The summed E-state index contributed by atoms with van der Waals surface area (Å²) >= 11 is 0. The van der Waals surface area contributed by atoms with Gasteiger partial charge < -0.3 is 0 Å². The van der Waals surface area contributed by atoms with Crippen molar-refractivity contribution in [3.05, 3.63) is 205 Å². The van der Waals surface area contributed by atoms with Gasteiger partial charge in [-0.05, 0) is 16.7 Å². The summed E-state index contributed by atoms with van der Waals surface area (Å²) < 4.78 is 232. The zero-order chi connectivity index (χ0) is 73.0. The molecule has 0 unspecified atom stereocenters. The highest BCUT2D eigenvalue weighted by molar-refractivity contribution is 6.18. The molecule has 38 heteroatoms. The van der Waals surface area contributed by atoms with E-state index in [1.54, 1.807) is 36.4 Å². The molecule has 0 N–H and O–H groups in total. The van der Waals surface area contributed by atoms with Crippen LogP contribution in [0.2, 0.25) is 0 Å². The molecular formula is C60F16N22. The molecule has 1 aliphatic rings. The number of nitriles is 14. The minimum atomic E-state index is -2.52. The largest absolute Gasteiger partial charge is 0.262 e. The molecule has 8 aromatic rings. The molecule has 0 spiro atoms. The highest BCUT2D eigenvalue weighted by atomic mass is 19.2. The minimum Gasteiger partial charge on any atom is -0.237 e. The third kappa shape index (κ3) is 10.8. The Labute approximate surface area is 529 Å². The normalized spacial score (nSPS) is 12.1. The Balaban J connectivity index is 0.000000229. The fraction of sp³-hybridized carbons (Fsp3) is 0. The maximum atomic E-state index is 15.0. The van der Waals surface area contributed by atoms with Crippen molar-refractivity contribution in [1.82, 2.24) is 29.9 Å². The number of hydrogen-bond donors (Lipinski definition) is 0. The molecule has 0 aliphatic heterocycles. The zero-order valence-corrected chi connectivity index (χ0v) is 45.9. The standard InChI is InChI=1S/C30F12N6.C18N12.C12F4N4/c1-47-29(16-25(39)19(33)10(6-46)20(34)26(16)40)15-11(7(3-43)13-21(35)17(31)9(5-45)18(32)22(13)36)12(15)8(4-44)14-23(37)27(41)30(48-2)28(42)24(14)38;19-1-7-8(2-20)26-14-13(25-7)15-17(29-10(4-22)9(3-21)27-15)18-16(14)28-11(5-23)12(6-24)30-18;13-9-7(5(1-17)2-18)10(14)12(16)8(11(9)15)6(3-19)4-20. The number of benzene rings is 5. The first-order chi connectivity index (χ1) is 46.6. The molecule has 98 heavy (non-hydrogen) atoms. The summed E-state index contributed by atoms with van der Waals surface area (Å²) in [5.74, 6) is -37.8. The van der Waals surface area contributed by atoms with Gasteiger partial charge in [0.15, 0.2) is 127 Å². The van der Waals surface area contributed by atoms with Crippen LogP contribution >= 0.6 is 0 Å². The average molecular weight is 1330 g/mol. The second-order valence-electron chi connectivity index (χ2n) is 17.6. The van der Waals surface area contributed by atoms with E-state index in [0.29, 0.717) is 0 Å². The van der Waals surface area contributed by atoms with E-state index in [0.717, 1.165) is 48.6 Å². The molecule has 0 saturated heterocycles. The molecule has 5 aromatic carbocycles. The average Bonchev–Trinajstić information content (AvgIpc) is 1.49. The number of nitrogens with zero attached hydrogens (tertiary/aromatic N) is 22. The van der Waals surface area contributed by atoms with Crippen molar-refractivity contribution in [2.24, 2.45) is 0 Å². The van der Waals surface area contributed by atoms with E-state index >= 15 is 26.3 Å². The van der Waals surface area contributed by atoms with Crippen molar-refractivity contribution in [2.75, 3.05) is 0 Å². The molecule has 3 aromatic heterocycles. The van der Waals surface area contributed by atoms with Crippen molar-refractivity contribution in [3.8, 4) is 85.0 Å². The van der Waals surface area contributed by atoms with Gasteiger partial charge in [-0.3, -0.25) is 0 Å². The van der Waals surface area contributed by atoms with Crippen LogP contribution in [0.4, 0.5) is 75.9 Å².